The third-order valence-corrected chi connectivity index (χ3v) is 6.68. The molecule has 0 saturated heterocycles. The fraction of sp³-hybridized carbons (Fsp3) is 0.308. The smallest absolute Gasteiger partial charge is 0.246 e. The second kappa shape index (κ2) is 11.5. The van der Waals surface area contributed by atoms with Crippen molar-refractivity contribution in [3.63, 3.8) is 0 Å². The van der Waals surface area contributed by atoms with Crippen molar-refractivity contribution in [3.05, 3.63) is 72.3 Å². The lowest BCUT2D eigenvalue weighted by molar-refractivity contribution is -0.129. The Kier molecular flexibility index (Phi) is 7.98. The molecule has 1 fully saturated rings. The molecule has 1 saturated carbocycles. The summed E-state index contributed by atoms with van der Waals surface area (Å²) in [6.07, 6.45) is 9.11. The van der Waals surface area contributed by atoms with E-state index in [9.17, 15) is 9.59 Å². The van der Waals surface area contributed by atoms with Crippen molar-refractivity contribution in [2.75, 3.05) is 11.9 Å². The van der Waals surface area contributed by atoms with Crippen molar-refractivity contribution in [2.45, 2.75) is 44.6 Å². The molecular weight excluding hydrogens is 432 g/mol. The van der Waals surface area contributed by atoms with Crippen LogP contribution in [0.5, 0.6) is 0 Å². The highest BCUT2D eigenvalue weighted by Gasteiger charge is 2.24. The SMILES string of the molecule is O=C(CCN(C(=O)C=Cc1ccccc1)C1CCCCC1)Nc1nnc(-c2ccccc2)s1. The van der Waals surface area contributed by atoms with Gasteiger partial charge in [-0.05, 0) is 24.5 Å². The molecule has 0 spiro atoms. The van der Waals surface area contributed by atoms with Gasteiger partial charge in [0.05, 0.1) is 0 Å². The maximum Gasteiger partial charge on any atom is 0.246 e. The van der Waals surface area contributed by atoms with Gasteiger partial charge in [-0.3, -0.25) is 9.59 Å². The molecule has 2 aromatic carbocycles. The topological polar surface area (TPSA) is 75.2 Å². The van der Waals surface area contributed by atoms with Gasteiger partial charge in [-0.2, -0.15) is 0 Å². The van der Waals surface area contributed by atoms with Crippen LogP contribution >= 0.6 is 11.3 Å². The van der Waals surface area contributed by atoms with Crippen LogP contribution in [-0.4, -0.2) is 39.5 Å². The zero-order valence-corrected chi connectivity index (χ0v) is 19.3. The molecule has 2 amide bonds. The maximum atomic E-state index is 13.0. The molecule has 0 aliphatic heterocycles. The van der Waals surface area contributed by atoms with Gasteiger partial charge in [-0.25, -0.2) is 0 Å². The molecule has 0 atom stereocenters. The molecular formula is C26H28N4O2S. The van der Waals surface area contributed by atoms with Gasteiger partial charge < -0.3 is 10.2 Å². The van der Waals surface area contributed by atoms with Crippen LogP contribution in [0, 0.1) is 0 Å². The lowest BCUT2D eigenvalue weighted by atomic mass is 9.94. The van der Waals surface area contributed by atoms with Crippen LogP contribution in [0.1, 0.15) is 44.1 Å². The standard InChI is InChI=1S/C26H28N4O2S/c31-23(27-26-29-28-25(33-26)21-12-6-2-7-13-21)18-19-30(22-14-8-3-9-15-22)24(32)17-16-20-10-4-1-5-11-20/h1-2,4-7,10-13,16-17,22H,3,8-9,14-15,18-19H2,(H,27,29,31). The van der Waals surface area contributed by atoms with Crippen LogP contribution in [0.3, 0.4) is 0 Å². The molecule has 1 aromatic heterocycles. The number of carbonyl (C=O) groups excluding carboxylic acids is 2. The maximum absolute atomic E-state index is 13.0. The highest BCUT2D eigenvalue weighted by Crippen LogP contribution is 2.26. The predicted molar refractivity (Wildman–Crippen MR) is 133 cm³/mol. The lowest BCUT2D eigenvalue weighted by Gasteiger charge is -2.33. The average Bonchev–Trinajstić information content (AvgIpc) is 3.33. The number of aromatic nitrogens is 2. The number of rotatable bonds is 8. The van der Waals surface area contributed by atoms with Crippen LogP contribution in [0.4, 0.5) is 5.13 Å². The second-order valence-corrected chi connectivity index (χ2v) is 9.12. The summed E-state index contributed by atoms with van der Waals surface area (Å²) in [5, 5.41) is 12.3. The minimum absolute atomic E-state index is 0.0409. The first kappa shape index (κ1) is 22.9. The molecule has 0 unspecified atom stereocenters. The van der Waals surface area contributed by atoms with Gasteiger partial charge in [0.15, 0.2) is 0 Å². The molecule has 3 aromatic rings. The largest absolute Gasteiger partial charge is 0.336 e. The molecule has 0 radical (unpaired) electrons. The first-order valence-electron chi connectivity index (χ1n) is 11.4. The number of benzene rings is 2. The van der Waals surface area contributed by atoms with E-state index in [0.29, 0.717) is 11.7 Å². The molecule has 0 bridgehead atoms. The molecule has 7 heteroatoms. The van der Waals surface area contributed by atoms with E-state index in [-0.39, 0.29) is 24.3 Å². The summed E-state index contributed by atoms with van der Waals surface area (Å²) in [6.45, 7) is 0.388. The summed E-state index contributed by atoms with van der Waals surface area (Å²) < 4.78 is 0. The Labute approximate surface area is 198 Å². The van der Waals surface area contributed by atoms with Crippen LogP contribution in [-0.2, 0) is 9.59 Å². The third-order valence-electron chi connectivity index (χ3n) is 5.79. The van der Waals surface area contributed by atoms with Crippen molar-refractivity contribution in [2.24, 2.45) is 0 Å². The zero-order valence-electron chi connectivity index (χ0n) is 18.5. The summed E-state index contributed by atoms with van der Waals surface area (Å²) in [4.78, 5) is 27.5. The molecule has 1 N–H and O–H groups in total. The first-order chi connectivity index (χ1) is 16.2. The summed E-state index contributed by atoms with van der Waals surface area (Å²) in [5.74, 6) is -0.202. The number of hydrogen-bond acceptors (Lipinski definition) is 5. The van der Waals surface area contributed by atoms with Gasteiger partial charge in [-0.15, -0.1) is 10.2 Å². The van der Waals surface area contributed by atoms with Crippen molar-refractivity contribution in [1.82, 2.24) is 15.1 Å². The average molecular weight is 461 g/mol. The van der Waals surface area contributed by atoms with Crippen LogP contribution < -0.4 is 5.32 Å². The summed E-state index contributed by atoms with van der Waals surface area (Å²) >= 11 is 1.34. The Morgan fingerprint density at radius 1 is 0.970 bits per heavy atom. The molecule has 1 aliphatic carbocycles. The van der Waals surface area contributed by atoms with Gasteiger partial charge >= 0.3 is 0 Å². The van der Waals surface area contributed by atoms with E-state index >= 15 is 0 Å². The van der Waals surface area contributed by atoms with Gasteiger partial charge in [-0.1, -0.05) is 91.3 Å². The highest BCUT2D eigenvalue weighted by atomic mass is 32.1. The molecule has 6 nitrogen and oxygen atoms in total. The molecule has 33 heavy (non-hydrogen) atoms. The number of nitrogens with zero attached hydrogens (tertiary/aromatic N) is 3. The number of nitrogens with one attached hydrogen (secondary N) is 1. The van der Waals surface area contributed by atoms with Crippen molar-refractivity contribution in [1.29, 1.82) is 0 Å². The van der Waals surface area contributed by atoms with E-state index in [0.717, 1.165) is 41.8 Å². The molecule has 1 heterocycles. The van der Waals surface area contributed by atoms with E-state index in [1.165, 1.54) is 17.8 Å². The van der Waals surface area contributed by atoms with E-state index in [1.54, 1.807) is 6.08 Å². The van der Waals surface area contributed by atoms with E-state index < -0.39 is 0 Å². The number of amides is 2. The summed E-state index contributed by atoms with van der Waals surface area (Å²) in [7, 11) is 0. The monoisotopic (exact) mass is 460 g/mol. The van der Waals surface area contributed by atoms with Gasteiger partial charge in [0.25, 0.3) is 0 Å². The molecule has 1 aliphatic rings. The number of carbonyl (C=O) groups is 2. The van der Waals surface area contributed by atoms with Crippen molar-refractivity contribution < 1.29 is 9.59 Å². The van der Waals surface area contributed by atoms with Crippen molar-refractivity contribution in [3.8, 4) is 10.6 Å². The fourth-order valence-corrected chi connectivity index (χ4v) is 4.83. The van der Waals surface area contributed by atoms with E-state index in [1.807, 2.05) is 71.6 Å². The van der Waals surface area contributed by atoms with Gasteiger partial charge in [0.2, 0.25) is 16.9 Å². The van der Waals surface area contributed by atoms with Crippen molar-refractivity contribution >= 4 is 34.4 Å². The third kappa shape index (κ3) is 6.58. The summed E-state index contributed by atoms with van der Waals surface area (Å²) in [5.41, 5.74) is 1.95. The minimum Gasteiger partial charge on any atom is -0.336 e. The molecule has 4 rings (SSSR count). The van der Waals surface area contributed by atoms with Crippen LogP contribution in [0.2, 0.25) is 0 Å². The Morgan fingerprint density at radius 3 is 2.39 bits per heavy atom. The lowest BCUT2D eigenvalue weighted by Crippen LogP contribution is -2.42. The Bertz CT molecular complexity index is 1080. The number of anilines is 1. The van der Waals surface area contributed by atoms with Crippen LogP contribution in [0.25, 0.3) is 16.6 Å². The number of hydrogen-bond donors (Lipinski definition) is 1. The van der Waals surface area contributed by atoms with E-state index in [2.05, 4.69) is 15.5 Å². The van der Waals surface area contributed by atoms with Crippen LogP contribution in [0.15, 0.2) is 66.7 Å². The Hall–Kier alpha value is -3.32. The normalized spacial score (nSPS) is 14.3. The quantitative estimate of drug-likeness (QED) is 0.456. The minimum atomic E-state index is -0.161. The first-order valence-corrected chi connectivity index (χ1v) is 12.2. The predicted octanol–water partition coefficient (Wildman–Crippen LogP) is 5.41. The van der Waals surface area contributed by atoms with Gasteiger partial charge in [0.1, 0.15) is 5.01 Å². The Morgan fingerprint density at radius 2 is 1.67 bits per heavy atom. The van der Waals surface area contributed by atoms with Gasteiger partial charge in [0, 0.05) is 30.6 Å². The second-order valence-electron chi connectivity index (χ2n) is 8.14. The molecule has 170 valence electrons. The summed E-state index contributed by atoms with van der Waals surface area (Å²) in [6, 6.07) is 19.7. The fourth-order valence-electron chi connectivity index (χ4n) is 4.07. The van der Waals surface area contributed by atoms with E-state index in [4.69, 9.17) is 0 Å². The zero-order chi connectivity index (χ0) is 22.9. The highest BCUT2D eigenvalue weighted by molar-refractivity contribution is 7.18. The Balaban J connectivity index is 1.37.